The minimum atomic E-state index is -5.55. The Hall–Kier alpha value is -0.720. The first kappa shape index (κ1) is 17.3. The van der Waals surface area contributed by atoms with Gasteiger partial charge in [0, 0.05) is 6.42 Å². The molecule has 0 heterocycles. The number of hydrogen-bond acceptors (Lipinski definition) is 3. The van der Waals surface area contributed by atoms with Crippen molar-refractivity contribution in [3.05, 3.63) is 12.3 Å². The molecule has 108 valence electrons. The average Bonchev–Trinajstić information content (AvgIpc) is 2.20. The summed E-state index contributed by atoms with van der Waals surface area (Å²) in [6.07, 6.45) is 5.82. The molecule has 18 heavy (non-hydrogen) atoms. The normalized spacial score (nSPS) is 12.4. The molecule has 0 bridgehead atoms. The molecule has 0 amide bonds. The molecule has 0 aliphatic rings. The predicted molar refractivity (Wildman–Crippen MR) is 63.2 cm³/mol. The SMILES string of the molecule is C=C(CCCCCCCC)OS(=O)(=O)C(F)(F)F. The van der Waals surface area contributed by atoms with Crippen LogP contribution in [0.25, 0.3) is 0 Å². The molecule has 7 heteroatoms. The van der Waals surface area contributed by atoms with Gasteiger partial charge in [0.25, 0.3) is 0 Å². The van der Waals surface area contributed by atoms with Crippen LogP contribution in [0.4, 0.5) is 13.2 Å². The number of halogens is 3. The van der Waals surface area contributed by atoms with Gasteiger partial charge in [0.2, 0.25) is 0 Å². The maximum atomic E-state index is 12.0. The predicted octanol–water partition coefficient (Wildman–Crippen LogP) is 4.12. The Kier molecular flexibility index (Phi) is 7.35. The van der Waals surface area contributed by atoms with Gasteiger partial charge in [-0.1, -0.05) is 45.6 Å². The van der Waals surface area contributed by atoms with E-state index < -0.39 is 15.6 Å². The van der Waals surface area contributed by atoms with Gasteiger partial charge in [-0.25, -0.2) is 0 Å². The van der Waals surface area contributed by atoms with Gasteiger partial charge >= 0.3 is 15.6 Å². The van der Waals surface area contributed by atoms with E-state index in [0.717, 1.165) is 32.1 Å². The molecular weight excluding hydrogens is 269 g/mol. The summed E-state index contributed by atoms with van der Waals surface area (Å²) in [7, 11) is -5.55. The Balaban J connectivity index is 3.86. The molecule has 0 rings (SSSR count). The van der Waals surface area contributed by atoms with Crippen molar-refractivity contribution in [3.8, 4) is 0 Å². The summed E-state index contributed by atoms with van der Waals surface area (Å²) in [5.41, 5.74) is -5.39. The number of unbranched alkanes of at least 4 members (excludes halogenated alkanes) is 5. The lowest BCUT2D eigenvalue weighted by molar-refractivity contribution is -0.0523. The Morgan fingerprint density at radius 3 is 2.11 bits per heavy atom. The fourth-order valence-electron chi connectivity index (χ4n) is 1.35. The molecule has 0 N–H and O–H groups in total. The zero-order valence-corrected chi connectivity index (χ0v) is 11.2. The average molecular weight is 288 g/mol. The fraction of sp³-hybridized carbons (Fsp3) is 0.818. The van der Waals surface area contributed by atoms with Gasteiger partial charge in [-0.3, -0.25) is 0 Å². The summed E-state index contributed by atoms with van der Waals surface area (Å²) < 4.78 is 61.0. The van der Waals surface area contributed by atoms with Crippen molar-refractivity contribution in [2.45, 2.75) is 57.4 Å². The third-order valence-electron chi connectivity index (χ3n) is 2.32. The van der Waals surface area contributed by atoms with Crippen LogP contribution in [0, 0.1) is 0 Å². The van der Waals surface area contributed by atoms with Crippen molar-refractivity contribution >= 4 is 10.1 Å². The van der Waals surface area contributed by atoms with Crippen LogP contribution in [-0.2, 0) is 14.3 Å². The van der Waals surface area contributed by atoms with Gasteiger partial charge in [0.05, 0.1) is 0 Å². The van der Waals surface area contributed by atoms with E-state index in [-0.39, 0.29) is 12.2 Å². The molecule has 0 saturated carbocycles. The van der Waals surface area contributed by atoms with E-state index in [9.17, 15) is 21.6 Å². The topological polar surface area (TPSA) is 43.4 Å². The molecule has 0 atom stereocenters. The van der Waals surface area contributed by atoms with Crippen molar-refractivity contribution in [3.63, 3.8) is 0 Å². The molecule has 0 aromatic rings. The van der Waals surface area contributed by atoms with E-state index in [2.05, 4.69) is 17.7 Å². The molecular formula is C11H19F3O3S. The first-order chi connectivity index (χ1) is 8.20. The molecule has 0 aliphatic heterocycles. The second kappa shape index (κ2) is 7.66. The molecule has 0 fully saturated rings. The van der Waals surface area contributed by atoms with Gasteiger partial charge in [-0.05, 0) is 6.42 Å². The smallest absolute Gasteiger partial charge is 0.381 e. The number of alkyl halides is 3. The minimum absolute atomic E-state index is 0.126. The second-order valence-corrected chi connectivity index (χ2v) is 5.58. The molecule has 0 spiro atoms. The highest BCUT2D eigenvalue weighted by Gasteiger charge is 2.48. The van der Waals surface area contributed by atoms with Crippen LogP contribution in [0.15, 0.2) is 12.3 Å². The van der Waals surface area contributed by atoms with Crippen molar-refractivity contribution in [2.24, 2.45) is 0 Å². The maximum Gasteiger partial charge on any atom is 0.534 e. The second-order valence-electron chi connectivity index (χ2n) is 4.04. The lowest BCUT2D eigenvalue weighted by Crippen LogP contribution is -2.25. The zero-order valence-electron chi connectivity index (χ0n) is 10.4. The van der Waals surface area contributed by atoms with Crippen molar-refractivity contribution in [2.75, 3.05) is 0 Å². The van der Waals surface area contributed by atoms with Crippen LogP contribution < -0.4 is 0 Å². The first-order valence-corrected chi connectivity index (χ1v) is 7.30. The largest absolute Gasteiger partial charge is 0.534 e. The number of rotatable bonds is 9. The van der Waals surface area contributed by atoms with Crippen molar-refractivity contribution in [1.82, 2.24) is 0 Å². The van der Waals surface area contributed by atoms with E-state index >= 15 is 0 Å². The molecule has 0 aliphatic carbocycles. The Morgan fingerprint density at radius 1 is 1.11 bits per heavy atom. The summed E-state index contributed by atoms with van der Waals surface area (Å²) in [4.78, 5) is 0. The van der Waals surface area contributed by atoms with E-state index in [1.54, 1.807) is 0 Å². The third-order valence-corrected chi connectivity index (χ3v) is 3.34. The van der Waals surface area contributed by atoms with Crippen LogP contribution in [0.5, 0.6) is 0 Å². The van der Waals surface area contributed by atoms with Crippen LogP contribution in [-0.4, -0.2) is 13.9 Å². The van der Waals surface area contributed by atoms with Crippen LogP contribution in [0.2, 0.25) is 0 Å². The summed E-state index contributed by atoms with van der Waals surface area (Å²) in [5.74, 6) is -0.359. The van der Waals surface area contributed by atoms with E-state index in [1.165, 1.54) is 0 Å². The minimum Gasteiger partial charge on any atom is -0.381 e. The maximum absolute atomic E-state index is 12.0. The Morgan fingerprint density at radius 2 is 1.61 bits per heavy atom. The lowest BCUT2D eigenvalue weighted by Gasteiger charge is -2.11. The molecule has 0 radical (unpaired) electrons. The lowest BCUT2D eigenvalue weighted by atomic mass is 10.1. The first-order valence-electron chi connectivity index (χ1n) is 5.89. The molecule has 0 aromatic heterocycles. The molecule has 3 nitrogen and oxygen atoms in total. The number of hydrogen-bond donors (Lipinski definition) is 0. The highest BCUT2D eigenvalue weighted by atomic mass is 32.2. The highest BCUT2D eigenvalue weighted by molar-refractivity contribution is 7.87. The monoisotopic (exact) mass is 288 g/mol. The fourth-order valence-corrected chi connectivity index (χ4v) is 1.83. The Labute approximate surface area is 106 Å². The van der Waals surface area contributed by atoms with E-state index in [0.29, 0.717) is 6.42 Å². The van der Waals surface area contributed by atoms with Gasteiger partial charge in [0.15, 0.2) is 0 Å². The summed E-state index contributed by atoms with van der Waals surface area (Å²) >= 11 is 0. The van der Waals surface area contributed by atoms with Gasteiger partial charge in [0.1, 0.15) is 5.76 Å². The quantitative estimate of drug-likeness (QED) is 0.277. The van der Waals surface area contributed by atoms with Gasteiger partial charge in [-0.2, -0.15) is 21.6 Å². The van der Waals surface area contributed by atoms with Gasteiger partial charge in [-0.15, -0.1) is 0 Å². The Bertz CT molecular complexity index is 347. The summed E-state index contributed by atoms with van der Waals surface area (Å²) in [6.45, 7) is 5.27. The number of allylic oxidation sites excluding steroid dienone is 1. The molecule has 0 unspecified atom stereocenters. The third kappa shape index (κ3) is 6.88. The highest BCUT2D eigenvalue weighted by Crippen LogP contribution is 2.27. The van der Waals surface area contributed by atoms with Crippen LogP contribution in [0.1, 0.15) is 51.9 Å². The zero-order chi connectivity index (χ0) is 14.2. The van der Waals surface area contributed by atoms with Crippen LogP contribution >= 0.6 is 0 Å². The molecule has 0 aromatic carbocycles. The van der Waals surface area contributed by atoms with Crippen molar-refractivity contribution < 1.29 is 25.8 Å². The van der Waals surface area contributed by atoms with Crippen molar-refractivity contribution in [1.29, 1.82) is 0 Å². The molecule has 0 saturated heterocycles. The van der Waals surface area contributed by atoms with E-state index in [1.807, 2.05) is 0 Å². The summed E-state index contributed by atoms with van der Waals surface area (Å²) in [6, 6.07) is 0. The van der Waals surface area contributed by atoms with Crippen LogP contribution in [0.3, 0.4) is 0 Å². The standard InChI is InChI=1S/C11H19F3O3S/c1-3-4-5-6-7-8-9-10(2)17-18(15,16)11(12,13)14/h2-9H2,1H3. The van der Waals surface area contributed by atoms with E-state index in [4.69, 9.17) is 0 Å². The van der Waals surface area contributed by atoms with Gasteiger partial charge < -0.3 is 4.18 Å². The summed E-state index contributed by atoms with van der Waals surface area (Å²) in [5, 5.41) is 0.